The molecule has 10 nitrogen and oxygen atoms in total. The van der Waals surface area contributed by atoms with E-state index in [1.807, 2.05) is 24.3 Å². The van der Waals surface area contributed by atoms with Gasteiger partial charge in [-0.25, -0.2) is 19.9 Å². The average molecular weight is 605 g/mol. The summed E-state index contributed by atoms with van der Waals surface area (Å²) >= 11 is 12.5. The Balaban J connectivity index is 0.00000370. The number of carboxylic acid groups (broad SMARTS) is 1. The summed E-state index contributed by atoms with van der Waals surface area (Å²) in [6, 6.07) is 9.18. The number of carbonyl (C=O) groups is 1. The van der Waals surface area contributed by atoms with Crippen molar-refractivity contribution in [3.05, 3.63) is 76.6 Å². The minimum absolute atomic E-state index is 0. The number of aliphatic carboxylic acids is 1. The Hall–Kier alpha value is -3.44. The van der Waals surface area contributed by atoms with Crippen molar-refractivity contribution in [1.82, 2.24) is 29.8 Å². The minimum atomic E-state index is -0.736. The maximum Gasteiger partial charge on any atom is 0.303 e. The number of H-pyrrole nitrogens is 1. The smallest absolute Gasteiger partial charge is 0.303 e. The van der Waals surface area contributed by atoms with Gasteiger partial charge >= 0.3 is 5.97 Å². The monoisotopic (exact) mass is 603 g/mol. The Bertz CT molecular complexity index is 1390. The largest absolute Gasteiger partial charge is 0.481 e. The summed E-state index contributed by atoms with van der Waals surface area (Å²) in [6.07, 6.45) is 8.44. The van der Waals surface area contributed by atoms with Crippen LogP contribution in [0.25, 0.3) is 11.3 Å². The number of nitrogens with one attached hydrogen (secondary N) is 2. The molecule has 0 bridgehead atoms. The molecule has 0 spiro atoms. The van der Waals surface area contributed by atoms with Gasteiger partial charge in [-0.3, -0.25) is 9.69 Å². The highest BCUT2D eigenvalue weighted by atomic mass is 35.5. The first kappa shape index (κ1) is 29.5. The predicted molar refractivity (Wildman–Crippen MR) is 155 cm³/mol. The summed E-state index contributed by atoms with van der Waals surface area (Å²) in [6.45, 7) is 2.85. The molecule has 4 heterocycles. The lowest BCUT2D eigenvalue weighted by atomic mass is 9.93. The maximum absolute atomic E-state index is 11.1. The number of aromatic nitrogens is 5. The zero-order valence-corrected chi connectivity index (χ0v) is 23.7. The van der Waals surface area contributed by atoms with Crippen LogP contribution in [-0.4, -0.2) is 54.0 Å². The van der Waals surface area contributed by atoms with Crippen LogP contribution in [-0.2, 0) is 17.9 Å². The molecule has 1 aliphatic rings. The number of ether oxygens (including phenoxy) is 1. The summed E-state index contributed by atoms with van der Waals surface area (Å²) in [5, 5.41) is 13.3. The highest BCUT2D eigenvalue weighted by Crippen LogP contribution is 2.31. The lowest BCUT2D eigenvalue weighted by Crippen LogP contribution is -2.33. The van der Waals surface area contributed by atoms with E-state index < -0.39 is 5.97 Å². The minimum Gasteiger partial charge on any atom is -0.481 e. The first-order chi connectivity index (χ1) is 18.9. The summed E-state index contributed by atoms with van der Waals surface area (Å²) in [4.78, 5) is 33.8. The third kappa shape index (κ3) is 8.28. The molecular formula is C27H28Cl3N7O3. The van der Waals surface area contributed by atoms with Crippen molar-refractivity contribution >= 4 is 47.5 Å². The van der Waals surface area contributed by atoms with E-state index in [2.05, 4.69) is 30.2 Å². The van der Waals surface area contributed by atoms with E-state index in [0.717, 1.165) is 42.8 Å². The first-order valence-electron chi connectivity index (χ1n) is 12.5. The van der Waals surface area contributed by atoms with Gasteiger partial charge in [-0.05, 0) is 61.7 Å². The highest BCUT2D eigenvalue weighted by Gasteiger charge is 2.22. The summed E-state index contributed by atoms with van der Waals surface area (Å²) in [7, 11) is 0. The molecule has 40 heavy (non-hydrogen) atoms. The van der Waals surface area contributed by atoms with E-state index in [-0.39, 0.29) is 24.7 Å². The summed E-state index contributed by atoms with van der Waals surface area (Å²) in [5.74, 6) is 0.771. The number of anilines is 1. The van der Waals surface area contributed by atoms with Crippen LogP contribution in [0, 0.1) is 5.92 Å². The molecule has 0 aliphatic carbocycles. The van der Waals surface area contributed by atoms with Crippen LogP contribution in [0.15, 0.2) is 55.2 Å². The molecule has 1 aliphatic heterocycles. The average Bonchev–Trinajstić information content (AvgIpc) is 3.42. The Morgan fingerprint density at radius 1 is 1.07 bits per heavy atom. The number of rotatable bonds is 10. The van der Waals surface area contributed by atoms with Crippen LogP contribution in [0.3, 0.4) is 0 Å². The van der Waals surface area contributed by atoms with E-state index in [1.165, 1.54) is 0 Å². The lowest BCUT2D eigenvalue weighted by Gasteiger charge is -2.31. The van der Waals surface area contributed by atoms with Crippen LogP contribution < -0.4 is 10.1 Å². The van der Waals surface area contributed by atoms with Crippen LogP contribution in [0.2, 0.25) is 10.0 Å². The Morgan fingerprint density at radius 3 is 2.45 bits per heavy atom. The normalized spacial score (nSPS) is 13.9. The van der Waals surface area contributed by atoms with Gasteiger partial charge in [-0.1, -0.05) is 23.2 Å². The van der Waals surface area contributed by atoms with Crippen molar-refractivity contribution in [2.24, 2.45) is 5.92 Å². The van der Waals surface area contributed by atoms with Gasteiger partial charge in [0.15, 0.2) is 5.75 Å². The predicted octanol–water partition coefficient (Wildman–Crippen LogP) is 6.08. The van der Waals surface area contributed by atoms with Crippen LogP contribution in [0.5, 0.6) is 11.6 Å². The number of pyridine rings is 1. The topological polar surface area (TPSA) is 129 Å². The molecule has 3 N–H and O–H groups in total. The zero-order valence-electron chi connectivity index (χ0n) is 21.4. The second kappa shape index (κ2) is 13.8. The van der Waals surface area contributed by atoms with Crippen molar-refractivity contribution in [3.8, 4) is 22.9 Å². The fourth-order valence-electron chi connectivity index (χ4n) is 4.54. The molecule has 0 radical (unpaired) electrons. The molecule has 5 rings (SSSR count). The van der Waals surface area contributed by atoms with Gasteiger partial charge in [0.25, 0.3) is 0 Å². The van der Waals surface area contributed by atoms with Crippen molar-refractivity contribution in [2.45, 2.75) is 32.4 Å². The van der Waals surface area contributed by atoms with Gasteiger partial charge < -0.3 is 20.1 Å². The molecule has 1 saturated heterocycles. The fourth-order valence-corrected chi connectivity index (χ4v) is 5.07. The van der Waals surface area contributed by atoms with Crippen LogP contribution in [0.1, 0.15) is 30.5 Å². The molecule has 1 aromatic carbocycles. The molecule has 3 aromatic heterocycles. The quantitative estimate of drug-likeness (QED) is 0.197. The molecule has 210 valence electrons. The summed E-state index contributed by atoms with van der Waals surface area (Å²) in [5.41, 5.74) is 3.36. The van der Waals surface area contributed by atoms with Crippen LogP contribution in [0.4, 0.5) is 5.95 Å². The van der Waals surface area contributed by atoms with E-state index in [0.29, 0.717) is 46.4 Å². The van der Waals surface area contributed by atoms with Gasteiger partial charge in [0.1, 0.15) is 0 Å². The lowest BCUT2D eigenvalue weighted by molar-refractivity contribution is -0.138. The second-order valence-corrected chi connectivity index (χ2v) is 10.3. The fraction of sp³-hybridized carbons (Fsp3) is 0.296. The standard InChI is InChI=1S/C27H27Cl2N7O3.ClH/c28-20-8-19(9-21(29)10-20)24-5-18(15-36-3-1-17(2-4-36)7-26(37)38)6-25(35-24)39-23-13-32-27(33-14-23)31-12-22-11-30-16-34-22;/h5-6,8-11,13-14,16-17H,1-4,7,12,15H2,(H,30,34)(H,37,38)(H,31,32,33);1H. The Kier molecular flexibility index (Phi) is 10.2. The molecule has 0 amide bonds. The van der Waals surface area contributed by atoms with Crippen molar-refractivity contribution in [3.63, 3.8) is 0 Å². The van der Waals surface area contributed by atoms with Gasteiger partial charge in [0.2, 0.25) is 11.8 Å². The first-order valence-corrected chi connectivity index (χ1v) is 13.3. The SMILES string of the molecule is Cl.O=C(O)CC1CCN(Cc2cc(Oc3cnc(NCc4cnc[nH]4)nc3)nc(-c3cc(Cl)cc(Cl)c3)c2)CC1. The van der Waals surface area contributed by atoms with Crippen molar-refractivity contribution in [2.75, 3.05) is 18.4 Å². The van der Waals surface area contributed by atoms with E-state index in [1.54, 1.807) is 31.0 Å². The molecule has 0 atom stereocenters. The molecule has 4 aromatic rings. The molecular weight excluding hydrogens is 577 g/mol. The number of benzene rings is 1. The van der Waals surface area contributed by atoms with Gasteiger partial charge in [-0.15, -0.1) is 12.4 Å². The zero-order chi connectivity index (χ0) is 27.2. The molecule has 1 fully saturated rings. The summed E-state index contributed by atoms with van der Waals surface area (Å²) < 4.78 is 6.07. The number of aromatic amines is 1. The van der Waals surface area contributed by atoms with Crippen molar-refractivity contribution < 1.29 is 14.6 Å². The number of halogens is 3. The van der Waals surface area contributed by atoms with E-state index in [4.69, 9.17) is 38.0 Å². The number of hydrogen-bond donors (Lipinski definition) is 3. The Labute approximate surface area is 247 Å². The number of carboxylic acids is 1. The van der Waals surface area contributed by atoms with E-state index in [9.17, 15) is 4.79 Å². The second-order valence-electron chi connectivity index (χ2n) is 9.45. The Morgan fingerprint density at radius 2 is 1.80 bits per heavy atom. The molecule has 0 unspecified atom stereocenters. The highest BCUT2D eigenvalue weighted by molar-refractivity contribution is 6.35. The number of hydrogen-bond acceptors (Lipinski definition) is 8. The number of piperidine rings is 1. The van der Waals surface area contributed by atoms with Gasteiger partial charge in [-0.2, -0.15) is 0 Å². The third-order valence-electron chi connectivity index (χ3n) is 6.44. The number of likely N-dealkylation sites (tertiary alicyclic amines) is 1. The number of imidazole rings is 1. The van der Waals surface area contributed by atoms with Crippen LogP contribution >= 0.6 is 35.6 Å². The van der Waals surface area contributed by atoms with E-state index >= 15 is 0 Å². The third-order valence-corrected chi connectivity index (χ3v) is 6.88. The molecule has 0 saturated carbocycles. The number of nitrogens with zero attached hydrogens (tertiary/aromatic N) is 5. The molecule has 13 heteroatoms. The van der Waals surface area contributed by atoms with Crippen molar-refractivity contribution in [1.29, 1.82) is 0 Å². The van der Waals surface area contributed by atoms with Gasteiger partial charge in [0.05, 0.1) is 36.7 Å². The van der Waals surface area contributed by atoms with Gasteiger partial charge in [0, 0.05) is 40.8 Å². The maximum atomic E-state index is 11.1.